The fraction of sp³-hybridized carbons (Fsp3) is 0.333. The van der Waals surface area contributed by atoms with Gasteiger partial charge in [-0.05, 0) is 0 Å². The minimum absolute atomic E-state index is 0.153. The third-order valence-corrected chi connectivity index (χ3v) is 1.62. The molecule has 0 aliphatic carbocycles. The van der Waals surface area contributed by atoms with Crippen LogP contribution in [0.2, 0.25) is 0 Å². The maximum atomic E-state index is 13.0. The van der Waals surface area contributed by atoms with Crippen LogP contribution in [0, 0.1) is 11.6 Å². The number of aromatic nitrogens is 1. The Bertz CT molecular complexity index is 342. The van der Waals surface area contributed by atoms with Gasteiger partial charge in [-0.25, -0.2) is 8.78 Å². The molecule has 1 amide bonds. The van der Waals surface area contributed by atoms with E-state index in [1.54, 1.807) is 0 Å². The average molecular weight is 200 g/mol. The lowest BCUT2D eigenvalue weighted by atomic mass is 10.2. The zero-order chi connectivity index (χ0) is 10.6. The summed E-state index contributed by atoms with van der Waals surface area (Å²) < 4.78 is 25.4. The van der Waals surface area contributed by atoms with Crippen LogP contribution in [-0.2, 0) is 11.2 Å². The zero-order valence-electron chi connectivity index (χ0n) is 7.68. The summed E-state index contributed by atoms with van der Waals surface area (Å²) in [5, 5.41) is 2.50. The third-order valence-electron chi connectivity index (χ3n) is 1.62. The molecule has 0 saturated carbocycles. The van der Waals surface area contributed by atoms with Crippen molar-refractivity contribution in [3.63, 3.8) is 0 Å². The van der Waals surface area contributed by atoms with Gasteiger partial charge in [0.15, 0.2) is 0 Å². The van der Waals surface area contributed by atoms with Crippen LogP contribution in [0.4, 0.5) is 8.78 Å². The molecule has 0 spiro atoms. The van der Waals surface area contributed by atoms with Crippen LogP contribution in [0.25, 0.3) is 0 Å². The summed E-state index contributed by atoms with van der Waals surface area (Å²) in [6, 6.07) is 0.774. The summed E-state index contributed by atoms with van der Waals surface area (Å²) in [6.45, 7) is 1.67. The highest BCUT2D eigenvalue weighted by atomic mass is 19.1. The Labute approximate surface area is 80.2 Å². The number of nitrogens with zero attached hydrogens (tertiary/aromatic N) is 1. The van der Waals surface area contributed by atoms with Crippen LogP contribution >= 0.6 is 0 Å². The van der Waals surface area contributed by atoms with Crippen molar-refractivity contribution >= 4 is 5.91 Å². The van der Waals surface area contributed by atoms with Crippen LogP contribution in [0.3, 0.4) is 0 Å². The highest BCUT2D eigenvalue weighted by Gasteiger charge is 2.04. The standard InChI is InChI=1S/C9H10F2N2O/c1-6(14)12-3-2-9-8(11)4-7(10)5-13-9/h4-5H,2-3H2,1H3,(H,12,14). The predicted molar refractivity (Wildman–Crippen MR) is 46.5 cm³/mol. The fourth-order valence-electron chi connectivity index (χ4n) is 0.984. The van der Waals surface area contributed by atoms with Gasteiger partial charge < -0.3 is 5.32 Å². The van der Waals surface area contributed by atoms with E-state index in [-0.39, 0.29) is 18.0 Å². The first-order valence-corrected chi connectivity index (χ1v) is 4.14. The number of nitrogens with one attached hydrogen (secondary N) is 1. The number of pyridine rings is 1. The molecule has 0 atom stereocenters. The Kier molecular flexibility index (Phi) is 3.50. The van der Waals surface area contributed by atoms with E-state index in [1.165, 1.54) is 6.92 Å². The molecule has 5 heteroatoms. The molecule has 1 rings (SSSR count). The molecule has 14 heavy (non-hydrogen) atoms. The minimum atomic E-state index is -0.703. The van der Waals surface area contributed by atoms with E-state index >= 15 is 0 Å². The first kappa shape index (κ1) is 10.6. The Hall–Kier alpha value is -1.52. The summed E-state index contributed by atoms with van der Waals surface area (Å²) in [4.78, 5) is 14.1. The highest BCUT2D eigenvalue weighted by molar-refractivity contribution is 5.72. The second kappa shape index (κ2) is 4.64. The molecular formula is C9H10F2N2O. The molecule has 0 aliphatic rings. The Balaban J connectivity index is 2.55. The van der Waals surface area contributed by atoms with Gasteiger partial charge in [-0.3, -0.25) is 9.78 Å². The molecule has 1 N–H and O–H groups in total. The quantitative estimate of drug-likeness (QED) is 0.792. The topological polar surface area (TPSA) is 42.0 Å². The van der Waals surface area contributed by atoms with Crippen molar-refractivity contribution in [1.29, 1.82) is 0 Å². The molecule has 0 bridgehead atoms. The number of halogens is 2. The molecular weight excluding hydrogens is 190 g/mol. The Morgan fingerprint density at radius 3 is 2.86 bits per heavy atom. The molecule has 1 aromatic heterocycles. The van der Waals surface area contributed by atoms with E-state index in [0.717, 1.165) is 12.3 Å². The third kappa shape index (κ3) is 3.08. The minimum Gasteiger partial charge on any atom is -0.356 e. The van der Waals surface area contributed by atoms with Crippen molar-refractivity contribution in [2.45, 2.75) is 13.3 Å². The largest absolute Gasteiger partial charge is 0.356 e. The van der Waals surface area contributed by atoms with Gasteiger partial charge in [-0.1, -0.05) is 0 Å². The van der Waals surface area contributed by atoms with Crippen molar-refractivity contribution < 1.29 is 13.6 Å². The van der Waals surface area contributed by atoms with Crippen molar-refractivity contribution in [2.75, 3.05) is 6.54 Å². The lowest BCUT2D eigenvalue weighted by molar-refractivity contribution is -0.118. The summed E-state index contributed by atoms with van der Waals surface area (Å²) in [5.74, 6) is -1.58. The number of carbonyl (C=O) groups excluding carboxylic acids is 1. The van der Waals surface area contributed by atoms with Crippen LogP contribution in [0.15, 0.2) is 12.3 Å². The van der Waals surface area contributed by atoms with E-state index < -0.39 is 11.6 Å². The maximum Gasteiger partial charge on any atom is 0.216 e. The van der Waals surface area contributed by atoms with E-state index in [4.69, 9.17) is 0 Å². The van der Waals surface area contributed by atoms with E-state index in [2.05, 4.69) is 10.3 Å². The summed E-state index contributed by atoms with van der Waals surface area (Å²) >= 11 is 0. The molecule has 0 aromatic carbocycles. The van der Waals surface area contributed by atoms with Crippen molar-refractivity contribution in [3.05, 3.63) is 29.6 Å². The first-order chi connectivity index (χ1) is 6.59. The summed E-state index contributed by atoms with van der Waals surface area (Å²) in [7, 11) is 0. The first-order valence-electron chi connectivity index (χ1n) is 4.14. The number of carbonyl (C=O) groups is 1. The molecule has 0 fully saturated rings. The van der Waals surface area contributed by atoms with Crippen molar-refractivity contribution in [3.8, 4) is 0 Å². The monoisotopic (exact) mass is 200 g/mol. The van der Waals surface area contributed by atoms with Gasteiger partial charge in [0.05, 0.1) is 11.9 Å². The predicted octanol–water partition coefficient (Wildman–Crippen LogP) is 1.04. The summed E-state index contributed by atoms with van der Waals surface area (Å²) in [6.07, 6.45) is 1.21. The van der Waals surface area contributed by atoms with Gasteiger partial charge in [0.1, 0.15) is 11.6 Å². The van der Waals surface area contributed by atoms with Crippen molar-refractivity contribution in [1.82, 2.24) is 10.3 Å². The molecule has 0 saturated heterocycles. The number of rotatable bonds is 3. The Morgan fingerprint density at radius 1 is 1.57 bits per heavy atom. The second-order valence-corrected chi connectivity index (χ2v) is 2.82. The van der Waals surface area contributed by atoms with Gasteiger partial charge >= 0.3 is 0 Å². The smallest absolute Gasteiger partial charge is 0.216 e. The Morgan fingerprint density at radius 2 is 2.29 bits per heavy atom. The molecule has 1 heterocycles. The van der Waals surface area contributed by atoms with Crippen LogP contribution in [0.1, 0.15) is 12.6 Å². The van der Waals surface area contributed by atoms with E-state index in [0.29, 0.717) is 6.54 Å². The van der Waals surface area contributed by atoms with Gasteiger partial charge in [-0.2, -0.15) is 0 Å². The molecule has 0 radical (unpaired) electrons. The molecule has 1 aromatic rings. The van der Waals surface area contributed by atoms with Gasteiger partial charge in [0.25, 0.3) is 0 Å². The molecule has 0 aliphatic heterocycles. The lowest BCUT2D eigenvalue weighted by Gasteiger charge is -2.02. The lowest BCUT2D eigenvalue weighted by Crippen LogP contribution is -2.23. The van der Waals surface area contributed by atoms with Crippen LogP contribution in [-0.4, -0.2) is 17.4 Å². The van der Waals surface area contributed by atoms with Crippen molar-refractivity contribution in [2.24, 2.45) is 0 Å². The zero-order valence-corrected chi connectivity index (χ0v) is 7.68. The maximum absolute atomic E-state index is 13.0. The van der Waals surface area contributed by atoms with Gasteiger partial charge in [0.2, 0.25) is 5.91 Å². The van der Waals surface area contributed by atoms with E-state index in [1.807, 2.05) is 0 Å². The van der Waals surface area contributed by atoms with Gasteiger partial charge in [-0.15, -0.1) is 0 Å². The number of hydrogen-bond acceptors (Lipinski definition) is 2. The highest BCUT2D eigenvalue weighted by Crippen LogP contribution is 2.05. The molecule has 3 nitrogen and oxygen atoms in total. The number of amides is 1. The fourth-order valence-corrected chi connectivity index (χ4v) is 0.984. The normalized spacial score (nSPS) is 9.93. The summed E-state index contributed by atoms with van der Waals surface area (Å²) in [5.41, 5.74) is 0.153. The van der Waals surface area contributed by atoms with E-state index in [9.17, 15) is 13.6 Å². The number of hydrogen-bond donors (Lipinski definition) is 1. The van der Waals surface area contributed by atoms with Crippen LogP contribution in [0.5, 0.6) is 0 Å². The average Bonchev–Trinajstić information content (AvgIpc) is 2.08. The molecule has 0 unspecified atom stereocenters. The van der Waals surface area contributed by atoms with Gasteiger partial charge in [0, 0.05) is 26.0 Å². The second-order valence-electron chi connectivity index (χ2n) is 2.82. The SMILES string of the molecule is CC(=O)NCCc1ncc(F)cc1F. The van der Waals surface area contributed by atoms with Crippen LogP contribution < -0.4 is 5.32 Å². The molecule has 76 valence electrons.